The molecule has 0 radical (unpaired) electrons. The van der Waals surface area contributed by atoms with Crippen LogP contribution in [0.4, 0.5) is 0 Å². The Morgan fingerprint density at radius 2 is 2.12 bits per heavy atom. The van der Waals surface area contributed by atoms with Gasteiger partial charge < -0.3 is 10.2 Å². The first-order chi connectivity index (χ1) is 7.91. The Bertz CT molecular complexity index is 330. The van der Waals surface area contributed by atoms with Gasteiger partial charge in [0.25, 0.3) is 0 Å². The number of hydrogen-bond acceptors (Lipinski definition) is 2. The third kappa shape index (κ3) is 3.88. The summed E-state index contributed by atoms with van der Waals surface area (Å²) in [5.74, 6) is 0.124. The van der Waals surface area contributed by atoms with Gasteiger partial charge in [0.15, 0.2) is 0 Å². The van der Waals surface area contributed by atoms with Gasteiger partial charge in [-0.3, -0.25) is 9.59 Å². The van der Waals surface area contributed by atoms with Crippen molar-refractivity contribution in [2.75, 3.05) is 13.1 Å². The molecule has 1 fully saturated rings. The molecule has 4 nitrogen and oxygen atoms in total. The summed E-state index contributed by atoms with van der Waals surface area (Å²) in [6.45, 7) is 9.02. The molecule has 1 aliphatic heterocycles. The van der Waals surface area contributed by atoms with Crippen molar-refractivity contribution in [3.63, 3.8) is 0 Å². The molecule has 0 aromatic rings. The van der Waals surface area contributed by atoms with Crippen molar-refractivity contribution >= 4 is 11.8 Å². The van der Waals surface area contributed by atoms with Crippen LogP contribution >= 0.6 is 0 Å². The van der Waals surface area contributed by atoms with Gasteiger partial charge >= 0.3 is 0 Å². The first-order valence-corrected chi connectivity index (χ1v) is 6.13. The first-order valence-electron chi connectivity index (χ1n) is 6.13. The molecule has 0 aromatic heterocycles. The van der Waals surface area contributed by atoms with Gasteiger partial charge in [-0.25, -0.2) is 0 Å². The molecule has 1 heterocycles. The molecule has 1 N–H and O–H groups in total. The van der Waals surface area contributed by atoms with Crippen molar-refractivity contribution in [2.45, 2.75) is 40.2 Å². The second-order valence-corrected chi connectivity index (χ2v) is 5.10. The molecule has 17 heavy (non-hydrogen) atoms. The van der Waals surface area contributed by atoms with Crippen LogP contribution in [0.2, 0.25) is 0 Å². The van der Waals surface area contributed by atoms with Crippen molar-refractivity contribution in [3.8, 4) is 0 Å². The van der Waals surface area contributed by atoms with Gasteiger partial charge in [-0.1, -0.05) is 25.5 Å². The lowest BCUT2D eigenvalue weighted by Crippen LogP contribution is -2.47. The summed E-state index contributed by atoms with van der Waals surface area (Å²) in [5.41, 5.74) is 1.18. The topological polar surface area (TPSA) is 49.4 Å². The van der Waals surface area contributed by atoms with E-state index in [0.29, 0.717) is 19.5 Å². The van der Waals surface area contributed by atoms with Crippen molar-refractivity contribution in [2.24, 2.45) is 5.92 Å². The van der Waals surface area contributed by atoms with Gasteiger partial charge in [0.05, 0.1) is 0 Å². The molecule has 2 amide bonds. The Morgan fingerprint density at radius 1 is 1.47 bits per heavy atom. The molecule has 1 aliphatic rings. The third-order valence-electron chi connectivity index (χ3n) is 2.89. The van der Waals surface area contributed by atoms with E-state index in [1.165, 1.54) is 5.57 Å². The van der Waals surface area contributed by atoms with E-state index in [1.54, 1.807) is 4.90 Å². The van der Waals surface area contributed by atoms with E-state index < -0.39 is 0 Å². The van der Waals surface area contributed by atoms with Gasteiger partial charge in [0.1, 0.15) is 6.04 Å². The van der Waals surface area contributed by atoms with E-state index >= 15 is 0 Å². The maximum atomic E-state index is 12.2. The summed E-state index contributed by atoms with van der Waals surface area (Å²) in [6.07, 6.45) is 2.41. The van der Waals surface area contributed by atoms with Crippen LogP contribution in [-0.4, -0.2) is 35.8 Å². The van der Waals surface area contributed by atoms with E-state index in [0.717, 1.165) is 0 Å². The first kappa shape index (κ1) is 13.7. The SMILES string of the molecule is CC(C)=CCN1CCC(=O)NC(C(C)C)C1=O. The van der Waals surface area contributed by atoms with Gasteiger partial charge in [0.2, 0.25) is 11.8 Å². The smallest absolute Gasteiger partial charge is 0.245 e. The molecular formula is C13H22N2O2. The molecule has 0 aromatic carbocycles. The maximum Gasteiger partial charge on any atom is 0.245 e. The molecule has 4 heteroatoms. The largest absolute Gasteiger partial charge is 0.344 e. The van der Waals surface area contributed by atoms with Crippen molar-refractivity contribution < 1.29 is 9.59 Å². The number of nitrogens with zero attached hydrogens (tertiary/aromatic N) is 1. The lowest BCUT2D eigenvalue weighted by molar-refractivity contribution is -0.134. The fraction of sp³-hybridized carbons (Fsp3) is 0.692. The monoisotopic (exact) mass is 238 g/mol. The molecular weight excluding hydrogens is 216 g/mol. The second kappa shape index (κ2) is 5.84. The number of amides is 2. The van der Waals surface area contributed by atoms with E-state index in [4.69, 9.17) is 0 Å². The maximum absolute atomic E-state index is 12.2. The Kier molecular flexibility index (Phi) is 4.73. The predicted molar refractivity (Wildman–Crippen MR) is 67.4 cm³/mol. The molecule has 96 valence electrons. The average Bonchev–Trinajstić information content (AvgIpc) is 2.37. The Balaban J connectivity index is 2.80. The summed E-state index contributed by atoms with van der Waals surface area (Å²) < 4.78 is 0. The van der Waals surface area contributed by atoms with Crippen LogP contribution in [0.15, 0.2) is 11.6 Å². The standard InChI is InChI=1S/C13H22N2O2/c1-9(2)5-7-15-8-6-11(16)14-12(10(3)4)13(15)17/h5,10,12H,6-8H2,1-4H3,(H,14,16). The molecule has 1 rings (SSSR count). The number of allylic oxidation sites excluding steroid dienone is 1. The number of nitrogens with one attached hydrogen (secondary N) is 1. The quantitative estimate of drug-likeness (QED) is 0.754. The average molecular weight is 238 g/mol. The lowest BCUT2D eigenvalue weighted by Gasteiger charge is -2.25. The molecule has 1 atom stereocenters. The Labute approximate surface area is 103 Å². The highest BCUT2D eigenvalue weighted by Crippen LogP contribution is 2.11. The van der Waals surface area contributed by atoms with Crippen molar-refractivity contribution in [1.29, 1.82) is 0 Å². The molecule has 0 bridgehead atoms. The summed E-state index contributed by atoms with van der Waals surface area (Å²) in [6, 6.07) is -0.379. The van der Waals surface area contributed by atoms with Gasteiger partial charge in [-0.2, -0.15) is 0 Å². The highest BCUT2D eigenvalue weighted by atomic mass is 16.2. The highest BCUT2D eigenvalue weighted by Gasteiger charge is 2.31. The fourth-order valence-electron chi connectivity index (χ4n) is 1.78. The van der Waals surface area contributed by atoms with Gasteiger partial charge in [-0.15, -0.1) is 0 Å². The number of rotatable bonds is 3. The van der Waals surface area contributed by atoms with Gasteiger partial charge in [-0.05, 0) is 19.8 Å². The fourth-order valence-corrected chi connectivity index (χ4v) is 1.78. The van der Waals surface area contributed by atoms with Crippen LogP contribution in [0.25, 0.3) is 0 Å². The van der Waals surface area contributed by atoms with Crippen molar-refractivity contribution in [1.82, 2.24) is 10.2 Å². The molecule has 0 spiro atoms. The molecule has 0 aliphatic carbocycles. The minimum absolute atomic E-state index is 0.0308. The van der Waals surface area contributed by atoms with Crippen LogP contribution in [-0.2, 0) is 9.59 Å². The predicted octanol–water partition coefficient (Wildman–Crippen LogP) is 1.33. The Hall–Kier alpha value is -1.32. The number of carbonyl (C=O) groups excluding carboxylic acids is 2. The highest BCUT2D eigenvalue weighted by molar-refractivity contribution is 5.90. The van der Waals surface area contributed by atoms with Crippen LogP contribution in [0, 0.1) is 5.92 Å². The zero-order chi connectivity index (χ0) is 13.0. The third-order valence-corrected chi connectivity index (χ3v) is 2.89. The lowest BCUT2D eigenvalue weighted by atomic mass is 10.0. The van der Waals surface area contributed by atoms with Crippen molar-refractivity contribution in [3.05, 3.63) is 11.6 Å². The Morgan fingerprint density at radius 3 is 2.65 bits per heavy atom. The molecule has 1 unspecified atom stereocenters. The van der Waals surface area contributed by atoms with Crippen LogP contribution in [0.3, 0.4) is 0 Å². The van der Waals surface area contributed by atoms with E-state index in [2.05, 4.69) is 5.32 Å². The number of hydrogen-bond donors (Lipinski definition) is 1. The molecule has 1 saturated heterocycles. The summed E-state index contributed by atoms with van der Waals surface area (Å²) in [4.78, 5) is 25.5. The van der Waals surface area contributed by atoms with Gasteiger partial charge in [0, 0.05) is 19.5 Å². The minimum Gasteiger partial charge on any atom is -0.344 e. The van der Waals surface area contributed by atoms with Crippen LogP contribution in [0.1, 0.15) is 34.1 Å². The summed E-state index contributed by atoms with van der Waals surface area (Å²) in [7, 11) is 0. The van der Waals surface area contributed by atoms with Crippen LogP contribution in [0.5, 0.6) is 0 Å². The van der Waals surface area contributed by atoms with E-state index in [9.17, 15) is 9.59 Å². The van der Waals surface area contributed by atoms with E-state index in [-0.39, 0.29) is 23.8 Å². The summed E-state index contributed by atoms with van der Waals surface area (Å²) >= 11 is 0. The van der Waals surface area contributed by atoms with Crippen LogP contribution < -0.4 is 5.32 Å². The second-order valence-electron chi connectivity index (χ2n) is 5.10. The van der Waals surface area contributed by atoms with E-state index in [1.807, 2.05) is 33.8 Å². The number of carbonyl (C=O) groups is 2. The zero-order valence-electron chi connectivity index (χ0n) is 11.1. The normalized spacial score (nSPS) is 21.2. The molecule has 0 saturated carbocycles. The minimum atomic E-state index is -0.379. The summed E-state index contributed by atoms with van der Waals surface area (Å²) in [5, 5.41) is 2.79. The zero-order valence-corrected chi connectivity index (χ0v) is 11.1.